The van der Waals surface area contributed by atoms with Gasteiger partial charge in [-0.3, -0.25) is 14.8 Å². The summed E-state index contributed by atoms with van der Waals surface area (Å²) in [6.45, 7) is 4.63. The molecule has 150 valence electrons. The topological polar surface area (TPSA) is 46.1 Å². The van der Waals surface area contributed by atoms with Gasteiger partial charge in [-0.2, -0.15) is 0 Å². The molecule has 5 heteroatoms. The van der Waals surface area contributed by atoms with Gasteiger partial charge in [0.2, 0.25) is 0 Å². The minimum Gasteiger partial charge on any atom is -0.328 e. The molecule has 2 aromatic carbocycles. The number of benzene rings is 2. The number of hydrogen-bond acceptors (Lipinski definition) is 3. The Morgan fingerprint density at radius 1 is 0.967 bits per heavy atom. The standard InChI is InChI=1S/C23H16FN3O.C2H6/c24-20-11-15(18-10-16-4-1-2-6-21(16)26-12-18)7-8-17(20)13-27-14-22-19(23(27)28)5-3-9-25-22;1-2/h1-12H,13-14H2;1-2H3. The molecule has 0 atom stereocenters. The van der Waals surface area contributed by atoms with Crippen molar-refractivity contribution >= 4 is 16.8 Å². The van der Waals surface area contributed by atoms with Crippen LogP contribution in [-0.2, 0) is 13.1 Å². The fraction of sp³-hybridized carbons (Fsp3) is 0.160. The minimum atomic E-state index is -0.331. The summed E-state index contributed by atoms with van der Waals surface area (Å²) < 4.78 is 14.8. The molecule has 0 bridgehead atoms. The molecule has 0 N–H and O–H groups in total. The zero-order chi connectivity index (χ0) is 21.1. The molecule has 1 aliphatic rings. The molecule has 0 spiro atoms. The highest BCUT2D eigenvalue weighted by Gasteiger charge is 2.28. The van der Waals surface area contributed by atoms with Gasteiger partial charge in [0.15, 0.2) is 0 Å². The van der Waals surface area contributed by atoms with Gasteiger partial charge in [-0.1, -0.05) is 44.2 Å². The maximum atomic E-state index is 14.8. The monoisotopic (exact) mass is 399 g/mol. The lowest BCUT2D eigenvalue weighted by Crippen LogP contribution is -2.23. The fourth-order valence-electron chi connectivity index (χ4n) is 3.60. The van der Waals surface area contributed by atoms with Gasteiger partial charge in [-0.25, -0.2) is 4.39 Å². The number of carbonyl (C=O) groups excluding carboxylic acids is 1. The van der Waals surface area contributed by atoms with E-state index in [2.05, 4.69) is 9.97 Å². The lowest BCUT2D eigenvalue weighted by atomic mass is 10.0. The first-order chi connectivity index (χ1) is 14.7. The molecule has 0 fully saturated rings. The van der Waals surface area contributed by atoms with E-state index >= 15 is 0 Å². The van der Waals surface area contributed by atoms with E-state index in [1.165, 1.54) is 6.07 Å². The van der Waals surface area contributed by atoms with Gasteiger partial charge in [0, 0.05) is 35.5 Å². The molecule has 3 heterocycles. The number of fused-ring (bicyclic) bond motifs is 2. The van der Waals surface area contributed by atoms with Crippen molar-refractivity contribution < 1.29 is 9.18 Å². The van der Waals surface area contributed by atoms with Crippen LogP contribution in [0.1, 0.15) is 35.5 Å². The van der Waals surface area contributed by atoms with Crippen molar-refractivity contribution in [1.29, 1.82) is 0 Å². The fourth-order valence-corrected chi connectivity index (χ4v) is 3.60. The quantitative estimate of drug-likeness (QED) is 0.449. The predicted octanol–water partition coefficient (Wildman–Crippen LogP) is 5.62. The van der Waals surface area contributed by atoms with Crippen LogP contribution in [-0.4, -0.2) is 20.8 Å². The van der Waals surface area contributed by atoms with Gasteiger partial charge in [0.1, 0.15) is 5.82 Å². The summed E-state index contributed by atoms with van der Waals surface area (Å²) in [7, 11) is 0. The molecule has 0 saturated carbocycles. The van der Waals surface area contributed by atoms with Crippen molar-refractivity contribution in [3.05, 3.63) is 95.7 Å². The van der Waals surface area contributed by atoms with E-state index in [1.54, 1.807) is 35.5 Å². The van der Waals surface area contributed by atoms with Gasteiger partial charge in [-0.05, 0) is 35.9 Å². The van der Waals surface area contributed by atoms with Crippen LogP contribution >= 0.6 is 0 Å². The van der Waals surface area contributed by atoms with Crippen molar-refractivity contribution in [3.63, 3.8) is 0 Å². The predicted molar refractivity (Wildman–Crippen MR) is 116 cm³/mol. The summed E-state index contributed by atoms with van der Waals surface area (Å²) in [5.74, 6) is -0.437. The lowest BCUT2D eigenvalue weighted by molar-refractivity contribution is 0.0765. The molecule has 5 rings (SSSR count). The average Bonchev–Trinajstić information content (AvgIpc) is 3.11. The summed E-state index contributed by atoms with van der Waals surface area (Å²) in [4.78, 5) is 22.8. The highest BCUT2D eigenvalue weighted by molar-refractivity contribution is 5.97. The first-order valence-electron chi connectivity index (χ1n) is 10.1. The smallest absolute Gasteiger partial charge is 0.256 e. The molecule has 2 aromatic heterocycles. The zero-order valence-electron chi connectivity index (χ0n) is 17.0. The second-order valence-corrected chi connectivity index (χ2v) is 6.88. The van der Waals surface area contributed by atoms with E-state index in [1.807, 2.05) is 50.2 Å². The van der Waals surface area contributed by atoms with Crippen LogP contribution in [0.4, 0.5) is 4.39 Å². The maximum absolute atomic E-state index is 14.8. The number of halogens is 1. The Morgan fingerprint density at radius 3 is 2.60 bits per heavy atom. The summed E-state index contributed by atoms with van der Waals surface area (Å²) in [5, 5.41) is 1.01. The van der Waals surface area contributed by atoms with Crippen LogP contribution in [0.5, 0.6) is 0 Å². The second-order valence-electron chi connectivity index (χ2n) is 6.88. The molecule has 30 heavy (non-hydrogen) atoms. The Labute approximate surface area is 175 Å². The third-order valence-corrected chi connectivity index (χ3v) is 5.09. The molecule has 1 amide bonds. The number of hydrogen-bond donors (Lipinski definition) is 0. The van der Waals surface area contributed by atoms with Gasteiger partial charge in [0.05, 0.1) is 23.3 Å². The molecule has 4 nitrogen and oxygen atoms in total. The highest BCUT2D eigenvalue weighted by Crippen LogP contribution is 2.27. The SMILES string of the molecule is CC.O=C1c2cccnc2CN1Cc1ccc(-c2cnc3ccccc3c2)cc1F. The number of aromatic nitrogens is 2. The number of para-hydroxylation sites is 1. The van der Waals surface area contributed by atoms with Crippen LogP contribution in [0.25, 0.3) is 22.0 Å². The Bertz CT molecular complexity index is 1220. The average molecular weight is 399 g/mol. The normalized spacial score (nSPS) is 12.5. The van der Waals surface area contributed by atoms with Gasteiger partial charge in [-0.15, -0.1) is 0 Å². The third kappa shape index (κ3) is 3.66. The number of carbonyl (C=O) groups is 1. The van der Waals surface area contributed by atoms with Crippen molar-refractivity contribution in [2.24, 2.45) is 0 Å². The van der Waals surface area contributed by atoms with Crippen LogP contribution < -0.4 is 0 Å². The van der Waals surface area contributed by atoms with Gasteiger partial charge >= 0.3 is 0 Å². The molecule has 1 aliphatic heterocycles. The number of nitrogens with zero attached hydrogens (tertiary/aromatic N) is 3. The number of rotatable bonds is 3. The summed E-state index contributed by atoms with van der Waals surface area (Å²) in [6.07, 6.45) is 3.42. The Morgan fingerprint density at radius 2 is 1.80 bits per heavy atom. The van der Waals surface area contributed by atoms with Crippen molar-refractivity contribution in [2.75, 3.05) is 0 Å². The molecule has 4 aromatic rings. The van der Waals surface area contributed by atoms with Gasteiger partial charge < -0.3 is 4.90 Å². The molecule has 0 saturated heterocycles. The van der Waals surface area contributed by atoms with Crippen molar-refractivity contribution in [2.45, 2.75) is 26.9 Å². The Balaban J connectivity index is 0.00000106. The first kappa shape index (κ1) is 19.7. The van der Waals surface area contributed by atoms with E-state index in [0.29, 0.717) is 17.7 Å². The number of amides is 1. The van der Waals surface area contributed by atoms with Crippen molar-refractivity contribution in [1.82, 2.24) is 14.9 Å². The van der Waals surface area contributed by atoms with Gasteiger partial charge in [0.25, 0.3) is 5.91 Å². The molecule has 0 radical (unpaired) electrons. The van der Waals surface area contributed by atoms with E-state index in [0.717, 1.165) is 27.7 Å². The molecular formula is C25H22FN3O. The van der Waals surface area contributed by atoms with E-state index < -0.39 is 0 Å². The van der Waals surface area contributed by atoms with E-state index in [-0.39, 0.29) is 18.3 Å². The summed E-state index contributed by atoms with van der Waals surface area (Å²) >= 11 is 0. The highest BCUT2D eigenvalue weighted by atomic mass is 19.1. The third-order valence-electron chi connectivity index (χ3n) is 5.09. The Kier molecular flexibility index (Phi) is 5.53. The van der Waals surface area contributed by atoms with Crippen LogP contribution in [0.15, 0.2) is 73.1 Å². The molecule has 0 aliphatic carbocycles. The summed E-state index contributed by atoms with van der Waals surface area (Å²) in [5.41, 5.74) is 4.35. The minimum absolute atomic E-state index is 0.106. The largest absolute Gasteiger partial charge is 0.328 e. The van der Waals surface area contributed by atoms with Crippen LogP contribution in [0, 0.1) is 5.82 Å². The van der Waals surface area contributed by atoms with Crippen LogP contribution in [0.3, 0.4) is 0 Å². The Hall–Kier alpha value is -3.60. The lowest BCUT2D eigenvalue weighted by Gasteiger charge is -2.16. The maximum Gasteiger partial charge on any atom is 0.256 e. The van der Waals surface area contributed by atoms with E-state index in [9.17, 15) is 9.18 Å². The van der Waals surface area contributed by atoms with Crippen molar-refractivity contribution in [3.8, 4) is 11.1 Å². The van der Waals surface area contributed by atoms with Crippen LogP contribution in [0.2, 0.25) is 0 Å². The number of pyridine rings is 2. The van der Waals surface area contributed by atoms with E-state index in [4.69, 9.17) is 0 Å². The summed E-state index contributed by atoms with van der Waals surface area (Å²) in [6, 6.07) is 18.5. The zero-order valence-corrected chi connectivity index (χ0v) is 17.0. The first-order valence-corrected chi connectivity index (χ1v) is 10.1. The molecular weight excluding hydrogens is 377 g/mol. The second kappa shape index (κ2) is 8.41. The molecule has 0 unspecified atom stereocenters.